The monoisotopic (exact) mass is 563 g/mol. The van der Waals surface area contributed by atoms with E-state index in [-0.39, 0.29) is 17.3 Å². The summed E-state index contributed by atoms with van der Waals surface area (Å²) in [6, 6.07) is 19.1. The van der Waals surface area contributed by atoms with Crippen LogP contribution in [0, 0.1) is 27.7 Å². The molecule has 1 N–H and O–H groups in total. The van der Waals surface area contributed by atoms with Gasteiger partial charge in [0.05, 0.1) is 10.6 Å². The average Bonchev–Trinajstić information content (AvgIpc) is 2.91. The Hall–Kier alpha value is -3.65. The number of benzene rings is 3. The van der Waals surface area contributed by atoms with Gasteiger partial charge in [0, 0.05) is 13.1 Å². The third-order valence-electron chi connectivity index (χ3n) is 6.95. The third-order valence-corrected chi connectivity index (χ3v) is 8.73. The summed E-state index contributed by atoms with van der Waals surface area (Å²) < 4.78 is 29.2. The second-order valence-electron chi connectivity index (χ2n) is 10.4. The Balaban J connectivity index is 2.04. The van der Waals surface area contributed by atoms with E-state index in [1.54, 1.807) is 37.3 Å². The van der Waals surface area contributed by atoms with Crippen molar-refractivity contribution in [2.24, 2.45) is 0 Å². The number of hydrogen-bond donors (Lipinski definition) is 1. The van der Waals surface area contributed by atoms with E-state index in [0.29, 0.717) is 12.2 Å². The number of aryl methyl sites for hydroxylation is 4. The van der Waals surface area contributed by atoms with Crippen LogP contribution in [0.1, 0.15) is 54.5 Å². The molecule has 0 heterocycles. The first kappa shape index (κ1) is 30.9. The molecule has 7 nitrogen and oxygen atoms in total. The zero-order chi connectivity index (χ0) is 29.4. The zero-order valence-electron chi connectivity index (χ0n) is 24.4. The maximum Gasteiger partial charge on any atom is 0.264 e. The average molecular weight is 564 g/mol. The normalized spacial score (nSPS) is 12.1. The predicted octanol–water partition coefficient (Wildman–Crippen LogP) is 5.45. The first-order valence-corrected chi connectivity index (χ1v) is 15.2. The van der Waals surface area contributed by atoms with Crippen LogP contribution < -0.4 is 9.62 Å². The highest BCUT2D eigenvalue weighted by molar-refractivity contribution is 7.92. The molecule has 8 heteroatoms. The predicted molar refractivity (Wildman–Crippen MR) is 161 cm³/mol. The molecule has 214 valence electrons. The molecular weight excluding hydrogens is 522 g/mol. The second-order valence-corrected chi connectivity index (χ2v) is 12.3. The molecule has 0 aromatic heterocycles. The van der Waals surface area contributed by atoms with E-state index in [0.717, 1.165) is 40.7 Å². The minimum atomic E-state index is -4.10. The second kappa shape index (κ2) is 13.6. The largest absolute Gasteiger partial charge is 0.354 e. The molecule has 0 aliphatic carbocycles. The lowest BCUT2D eigenvalue weighted by Crippen LogP contribution is -2.51. The van der Waals surface area contributed by atoms with Crippen molar-refractivity contribution >= 4 is 27.5 Å². The molecule has 0 aliphatic heterocycles. The van der Waals surface area contributed by atoms with Crippen molar-refractivity contribution in [1.82, 2.24) is 10.2 Å². The lowest BCUT2D eigenvalue weighted by Gasteiger charge is -2.32. The maximum absolute atomic E-state index is 14.1. The number of anilines is 1. The minimum Gasteiger partial charge on any atom is -0.354 e. The number of carbonyl (C=O) groups excluding carboxylic acids is 2. The van der Waals surface area contributed by atoms with Gasteiger partial charge in [0.2, 0.25) is 11.8 Å². The Labute approximate surface area is 239 Å². The van der Waals surface area contributed by atoms with E-state index in [2.05, 4.69) is 5.32 Å². The quantitative estimate of drug-likeness (QED) is 0.297. The number of sulfonamides is 1. The third kappa shape index (κ3) is 7.72. The highest BCUT2D eigenvalue weighted by Crippen LogP contribution is 2.28. The molecule has 0 radical (unpaired) electrons. The van der Waals surface area contributed by atoms with E-state index in [4.69, 9.17) is 0 Å². The van der Waals surface area contributed by atoms with Crippen LogP contribution in [0.4, 0.5) is 5.69 Å². The lowest BCUT2D eigenvalue weighted by molar-refractivity contribution is -0.139. The molecule has 3 aromatic carbocycles. The van der Waals surface area contributed by atoms with Gasteiger partial charge in [-0.3, -0.25) is 13.9 Å². The van der Waals surface area contributed by atoms with Crippen LogP contribution >= 0.6 is 0 Å². The highest BCUT2D eigenvalue weighted by Gasteiger charge is 2.33. The molecule has 0 unspecified atom stereocenters. The van der Waals surface area contributed by atoms with E-state index in [1.165, 1.54) is 9.21 Å². The van der Waals surface area contributed by atoms with Crippen LogP contribution in [0.15, 0.2) is 71.6 Å². The van der Waals surface area contributed by atoms with Gasteiger partial charge in [0.15, 0.2) is 0 Å². The van der Waals surface area contributed by atoms with Crippen molar-refractivity contribution < 1.29 is 18.0 Å². The number of nitrogens with one attached hydrogen (secondary N) is 1. The summed E-state index contributed by atoms with van der Waals surface area (Å²) >= 11 is 0. The van der Waals surface area contributed by atoms with Gasteiger partial charge in [-0.1, -0.05) is 73.0 Å². The molecule has 0 spiro atoms. The molecular formula is C32H41N3O4S. The van der Waals surface area contributed by atoms with Crippen molar-refractivity contribution in [3.8, 4) is 0 Å². The van der Waals surface area contributed by atoms with Gasteiger partial charge < -0.3 is 10.2 Å². The SMILES string of the molecule is CCCCNC(=O)[C@H](C)N(Cc1cccc(C)c1)C(=O)CN(c1cc(C)ccc1C)S(=O)(=O)c1ccc(C)cc1. The Kier molecular flexibility index (Phi) is 10.5. The standard InChI is InChI=1S/C32H41N3O4S/c1-7-8-18-33-32(37)27(6)34(21-28-11-9-10-24(3)19-28)31(36)22-35(30-20-25(4)12-15-26(30)5)40(38,39)29-16-13-23(2)14-17-29/h9-17,19-20,27H,7-8,18,21-22H2,1-6H3,(H,33,37)/t27-/m0/s1. The Morgan fingerprint density at radius 3 is 2.17 bits per heavy atom. The van der Waals surface area contributed by atoms with Gasteiger partial charge >= 0.3 is 0 Å². The fourth-order valence-electron chi connectivity index (χ4n) is 4.46. The molecule has 2 amide bonds. The van der Waals surface area contributed by atoms with Gasteiger partial charge in [-0.15, -0.1) is 0 Å². The molecule has 3 aromatic rings. The smallest absolute Gasteiger partial charge is 0.264 e. The Morgan fingerprint density at radius 1 is 0.875 bits per heavy atom. The summed E-state index contributed by atoms with van der Waals surface area (Å²) in [5.74, 6) is -0.731. The summed E-state index contributed by atoms with van der Waals surface area (Å²) in [6.45, 7) is 11.5. The fraction of sp³-hybridized carbons (Fsp3) is 0.375. The van der Waals surface area contributed by atoms with Crippen LogP contribution in [0.3, 0.4) is 0 Å². The van der Waals surface area contributed by atoms with Gasteiger partial charge in [-0.05, 0) is 75.9 Å². The van der Waals surface area contributed by atoms with Crippen LogP contribution in [-0.2, 0) is 26.2 Å². The summed E-state index contributed by atoms with van der Waals surface area (Å²) in [7, 11) is -4.10. The van der Waals surface area contributed by atoms with Crippen molar-refractivity contribution in [3.63, 3.8) is 0 Å². The Morgan fingerprint density at radius 2 is 1.52 bits per heavy atom. The van der Waals surface area contributed by atoms with Crippen molar-refractivity contribution in [1.29, 1.82) is 0 Å². The molecule has 0 aliphatic rings. The number of carbonyl (C=O) groups is 2. The first-order chi connectivity index (χ1) is 18.9. The molecule has 40 heavy (non-hydrogen) atoms. The molecule has 3 rings (SSSR count). The van der Waals surface area contributed by atoms with E-state index in [1.807, 2.05) is 71.0 Å². The van der Waals surface area contributed by atoms with Crippen LogP contribution in [0.5, 0.6) is 0 Å². The van der Waals surface area contributed by atoms with Crippen LogP contribution in [-0.4, -0.2) is 44.3 Å². The van der Waals surface area contributed by atoms with Crippen LogP contribution in [0.2, 0.25) is 0 Å². The van der Waals surface area contributed by atoms with Crippen molar-refractivity contribution in [2.45, 2.75) is 71.9 Å². The lowest BCUT2D eigenvalue weighted by atomic mass is 10.1. The number of nitrogens with zero attached hydrogens (tertiary/aromatic N) is 2. The number of rotatable bonds is 12. The first-order valence-electron chi connectivity index (χ1n) is 13.7. The van der Waals surface area contributed by atoms with Crippen molar-refractivity contribution in [3.05, 3.63) is 94.5 Å². The van der Waals surface area contributed by atoms with E-state index >= 15 is 0 Å². The van der Waals surface area contributed by atoms with E-state index < -0.39 is 28.5 Å². The number of hydrogen-bond acceptors (Lipinski definition) is 4. The highest BCUT2D eigenvalue weighted by atomic mass is 32.2. The molecule has 1 atom stereocenters. The summed E-state index contributed by atoms with van der Waals surface area (Å²) in [5, 5.41) is 2.91. The number of unbranched alkanes of at least 4 members (excludes halogenated alkanes) is 1. The fourth-order valence-corrected chi connectivity index (χ4v) is 5.94. The number of amides is 2. The molecule has 0 fully saturated rings. The van der Waals surface area contributed by atoms with Gasteiger partial charge in [-0.25, -0.2) is 8.42 Å². The van der Waals surface area contributed by atoms with Crippen molar-refractivity contribution in [2.75, 3.05) is 17.4 Å². The molecule has 0 bridgehead atoms. The summed E-state index contributed by atoms with van der Waals surface area (Å²) in [6.07, 6.45) is 1.77. The Bertz CT molecular complexity index is 1430. The maximum atomic E-state index is 14.1. The van der Waals surface area contributed by atoms with Crippen LogP contribution in [0.25, 0.3) is 0 Å². The molecule has 0 saturated heterocycles. The summed E-state index contributed by atoms with van der Waals surface area (Å²) in [4.78, 5) is 28.7. The minimum absolute atomic E-state index is 0.0994. The van der Waals surface area contributed by atoms with Gasteiger partial charge in [0.25, 0.3) is 10.0 Å². The zero-order valence-corrected chi connectivity index (χ0v) is 25.2. The van der Waals surface area contributed by atoms with Gasteiger partial charge in [-0.2, -0.15) is 0 Å². The topological polar surface area (TPSA) is 86.8 Å². The summed E-state index contributed by atoms with van der Waals surface area (Å²) in [5.41, 5.74) is 4.86. The molecule has 0 saturated carbocycles. The van der Waals surface area contributed by atoms with Gasteiger partial charge in [0.1, 0.15) is 12.6 Å². The van der Waals surface area contributed by atoms with E-state index in [9.17, 15) is 18.0 Å².